The van der Waals surface area contributed by atoms with Gasteiger partial charge in [-0.2, -0.15) is 15.2 Å². The molecule has 4 heterocycles. The quantitative estimate of drug-likeness (QED) is 0.248. The molecule has 2 aliphatic heterocycles. The highest BCUT2D eigenvalue weighted by molar-refractivity contribution is 7.23. The Hall–Kier alpha value is -3.72. The smallest absolute Gasteiger partial charge is 0.319 e. The van der Waals surface area contributed by atoms with Gasteiger partial charge in [0.2, 0.25) is 0 Å². The first-order chi connectivity index (χ1) is 20.7. The van der Waals surface area contributed by atoms with Gasteiger partial charge in [0.25, 0.3) is 0 Å². The molecule has 2 N–H and O–H groups in total. The van der Waals surface area contributed by atoms with E-state index >= 15 is 4.39 Å². The maximum Gasteiger partial charge on any atom is 0.319 e. The molecule has 224 valence electrons. The molecule has 2 atom stereocenters. The molecule has 0 aliphatic carbocycles. The summed E-state index contributed by atoms with van der Waals surface area (Å²) < 4.78 is 44.3. The normalized spacial score (nSPS) is 19.4. The summed E-state index contributed by atoms with van der Waals surface area (Å²) >= 11 is 7.93. The van der Waals surface area contributed by atoms with E-state index in [9.17, 15) is 9.65 Å². The molecule has 0 amide bonds. The number of halogens is 3. The van der Waals surface area contributed by atoms with Gasteiger partial charge in [-0.3, -0.25) is 0 Å². The average molecular weight is 625 g/mol. The lowest BCUT2D eigenvalue weighted by Gasteiger charge is -2.33. The molecule has 0 fully saturated rings. The lowest BCUT2D eigenvalue weighted by Crippen LogP contribution is -2.37. The van der Waals surface area contributed by atoms with E-state index < -0.39 is 11.6 Å². The Morgan fingerprint density at radius 2 is 2.05 bits per heavy atom. The van der Waals surface area contributed by atoms with E-state index in [1.807, 2.05) is 20.2 Å². The number of nitriles is 1. The number of benzene rings is 2. The van der Waals surface area contributed by atoms with Gasteiger partial charge in [-0.05, 0) is 52.0 Å². The summed E-state index contributed by atoms with van der Waals surface area (Å²) in [6.45, 7) is 4.26. The highest BCUT2D eigenvalue weighted by atomic mass is 35.5. The molecular formula is C31H31ClF2N6O2S. The second-order valence-corrected chi connectivity index (χ2v) is 12.6. The Morgan fingerprint density at radius 3 is 2.81 bits per heavy atom. The van der Waals surface area contributed by atoms with Crippen LogP contribution in [0.1, 0.15) is 31.7 Å². The number of fused-ring (bicyclic) bond motifs is 2. The van der Waals surface area contributed by atoms with Crippen LogP contribution in [0.3, 0.4) is 0 Å². The highest BCUT2D eigenvalue weighted by Gasteiger charge is 2.32. The Morgan fingerprint density at radius 1 is 1.23 bits per heavy atom. The van der Waals surface area contributed by atoms with Crippen molar-refractivity contribution < 1.29 is 18.3 Å². The second kappa shape index (κ2) is 11.8. The van der Waals surface area contributed by atoms with Gasteiger partial charge in [-0.1, -0.05) is 29.8 Å². The van der Waals surface area contributed by atoms with Gasteiger partial charge >= 0.3 is 6.01 Å². The molecule has 0 unspecified atom stereocenters. The van der Waals surface area contributed by atoms with E-state index in [0.29, 0.717) is 37.4 Å². The largest absolute Gasteiger partial charge is 0.491 e. The second-order valence-electron chi connectivity index (χ2n) is 11.2. The first-order valence-corrected chi connectivity index (χ1v) is 15.4. The summed E-state index contributed by atoms with van der Waals surface area (Å²) in [6.07, 6.45) is 6.65. The summed E-state index contributed by atoms with van der Waals surface area (Å²) in [6, 6.07) is 4.75. The van der Waals surface area contributed by atoms with Gasteiger partial charge in [0.15, 0.2) is 11.6 Å². The van der Waals surface area contributed by atoms with Crippen LogP contribution in [-0.4, -0.2) is 61.3 Å². The van der Waals surface area contributed by atoms with Crippen molar-refractivity contribution in [1.29, 1.82) is 5.26 Å². The van der Waals surface area contributed by atoms with Crippen LogP contribution in [0.15, 0.2) is 24.3 Å². The first-order valence-electron chi connectivity index (χ1n) is 14.2. The van der Waals surface area contributed by atoms with Gasteiger partial charge in [0, 0.05) is 35.9 Å². The standard InChI is InChI=1S/C31H31ClF2N6O2S/c1-16-10-13-41-27-23-26(37-31-38-30(23)40(16)11-5-4-6-17(15-42-31)9-12-39(2)3)25(34)22(24(27)32)18-7-8-20(33)28-21(18)19(14-35)29(36)43-28/h4,6-8,16-17H,5,9-13,15,36H2,1-3H3/b6-4-/t16-,17+/m1/s1. The minimum absolute atomic E-state index is 0.00690. The van der Waals surface area contributed by atoms with Crippen molar-refractivity contribution in [2.75, 3.05) is 51.0 Å². The number of hydrogen-bond donors (Lipinski definition) is 1. The topological polar surface area (TPSA) is 101 Å². The minimum atomic E-state index is -0.743. The van der Waals surface area contributed by atoms with Gasteiger partial charge in [-0.15, -0.1) is 11.3 Å². The molecule has 0 radical (unpaired) electrons. The maximum atomic E-state index is 16.9. The molecule has 8 nitrogen and oxygen atoms in total. The monoisotopic (exact) mass is 624 g/mol. The summed E-state index contributed by atoms with van der Waals surface area (Å²) in [5.41, 5.74) is 6.30. The molecule has 43 heavy (non-hydrogen) atoms. The third kappa shape index (κ3) is 5.22. The number of nitrogen functional groups attached to an aromatic ring is 1. The molecule has 12 heteroatoms. The van der Waals surface area contributed by atoms with Gasteiger partial charge < -0.3 is 25.0 Å². The van der Waals surface area contributed by atoms with Gasteiger partial charge in [0.05, 0.1) is 33.9 Å². The lowest BCUT2D eigenvalue weighted by molar-refractivity contribution is 0.238. The van der Waals surface area contributed by atoms with E-state index in [1.54, 1.807) is 0 Å². The van der Waals surface area contributed by atoms with E-state index in [1.165, 1.54) is 12.1 Å². The number of thiophene rings is 1. The van der Waals surface area contributed by atoms with Crippen LogP contribution in [0.25, 0.3) is 32.1 Å². The number of nitrogens with two attached hydrogens (primary N) is 1. The third-order valence-electron chi connectivity index (χ3n) is 8.05. The molecule has 0 saturated carbocycles. The average Bonchev–Trinajstić information content (AvgIpc) is 3.31. The zero-order chi connectivity index (χ0) is 30.4. The number of aromatic nitrogens is 2. The molecule has 2 aromatic carbocycles. The predicted molar refractivity (Wildman–Crippen MR) is 167 cm³/mol. The Bertz CT molecular complexity index is 1800. The third-order valence-corrected chi connectivity index (χ3v) is 9.43. The van der Waals surface area contributed by atoms with Crippen molar-refractivity contribution in [2.24, 2.45) is 5.92 Å². The molecule has 0 spiro atoms. The van der Waals surface area contributed by atoms with Crippen molar-refractivity contribution in [3.05, 3.63) is 46.5 Å². The fraction of sp³-hybridized carbons (Fsp3) is 0.387. The van der Waals surface area contributed by atoms with E-state index in [4.69, 9.17) is 31.8 Å². The van der Waals surface area contributed by atoms with E-state index in [2.05, 4.69) is 33.9 Å². The van der Waals surface area contributed by atoms with E-state index in [-0.39, 0.29) is 66.0 Å². The Kier molecular flexibility index (Phi) is 8.02. The van der Waals surface area contributed by atoms with Crippen LogP contribution in [0, 0.1) is 28.9 Å². The van der Waals surface area contributed by atoms with Crippen LogP contribution in [0.4, 0.5) is 19.6 Å². The Balaban J connectivity index is 1.62. The number of anilines is 2. The van der Waals surface area contributed by atoms with Crippen LogP contribution < -0.4 is 20.1 Å². The summed E-state index contributed by atoms with van der Waals surface area (Å²) in [5, 5.41) is 10.5. The van der Waals surface area contributed by atoms with Crippen LogP contribution >= 0.6 is 22.9 Å². The molecular weight excluding hydrogens is 594 g/mol. The number of ether oxygens (including phenoxy) is 2. The molecule has 6 rings (SSSR count). The SMILES string of the molecule is C[C@@H]1CCOc2c(Cl)c(-c3ccc(F)c4sc(N)c(C#N)c34)c(F)c3nc4nc(c23)N1CC/C=C\[C@@H](CCN(C)C)CO4. The fourth-order valence-corrected chi connectivity index (χ4v) is 7.04. The first kappa shape index (κ1) is 29.4. The predicted octanol–water partition coefficient (Wildman–Crippen LogP) is 6.78. The van der Waals surface area contributed by atoms with Crippen LogP contribution in [-0.2, 0) is 0 Å². The number of hydrogen-bond acceptors (Lipinski definition) is 9. The lowest BCUT2D eigenvalue weighted by atomic mass is 9.96. The summed E-state index contributed by atoms with van der Waals surface area (Å²) in [4.78, 5) is 13.6. The van der Waals surface area contributed by atoms with Crippen molar-refractivity contribution in [3.8, 4) is 29.0 Å². The number of nitrogens with zero attached hydrogens (tertiary/aromatic N) is 5. The van der Waals surface area contributed by atoms with Gasteiger partial charge in [-0.25, -0.2) is 8.78 Å². The summed E-state index contributed by atoms with van der Waals surface area (Å²) in [5.74, 6) is -0.465. The molecule has 4 aromatic rings. The fourth-order valence-electron chi connectivity index (χ4n) is 5.75. The molecule has 2 bridgehead atoms. The molecule has 2 aromatic heterocycles. The van der Waals surface area contributed by atoms with Crippen LogP contribution in [0.5, 0.6) is 11.8 Å². The highest BCUT2D eigenvalue weighted by Crippen LogP contribution is 2.50. The minimum Gasteiger partial charge on any atom is -0.491 e. The van der Waals surface area contributed by atoms with Crippen molar-refractivity contribution in [1.82, 2.24) is 14.9 Å². The maximum absolute atomic E-state index is 16.9. The van der Waals surface area contributed by atoms with Crippen molar-refractivity contribution in [2.45, 2.75) is 32.2 Å². The molecule has 2 aliphatic rings. The number of rotatable bonds is 4. The summed E-state index contributed by atoms with van der Waals surface area (Å²) in [7, 11) is 4.05. The van der Waals surface area contributed by atoms with Gasteiger partial charge in [0.1, 0.15) is 28.2 Å². The Labute approximate surface area is 257 Å². The van der Waals surface area contributed by atoms with Crippen molar-refractivity contribution in [3.63, 3.8) is 0 Å². The zero-order valence-corrected chi connectivity index (χ0v) is 25.7. The van der Waals surface area contributed by atoms with Crippen molar-refractivity contribution >= 4 is 54.7 Å². The zero-order valence-electron chi connectivity index (χ0n) is 24.1. The van der Waals surface area contributed by atoms with Crippen LogP contribution in [0.2, 0.25) is 5.02 Å². The van der Waals surface area contributed by atoms with E-state index in [0.717, 1.165) is 30.7 Å². The molecule has 0 saturated heterocycles.